The van der Waals surface area contributed by atoms with Crippen molar-refractivity contribution >= 4 is 0 Å². The van der Waals surface area contributed by atoms with Gasteiger partial charge < -0.3 is 9.47 Å². The lowest BCUT2D eigenvalue weighted by molar-refractivity contribution is -0.111. The van der Waals surface area contributed by atoms with Gasteiger partial charge >= 0.3 is 5.69 Å². The van der Waals surface area contributed by atoms with Crippen molar-refractivity contribution < 1.29 is 9.47 Å². The maximum Gasteiger partial charge on any atom is 0.329 e. The summed E-state index contributed by atoms with van der Waals surface area (Å²) in [7, 11) is 3.25. The van der Waals surface area contributed by atoms with Crippen LogP contribution in [0.15, 0.2) is 53.3 Å². The lowest BCUT2D eigenvalue weighted by atomic mass is 9.98. The van der Waals surface area contributed by atoms with E-state index in [1.165, 1.54) is 0 Å². The van der Waals surface area contributed by atoms with E-state index in [9.17, 15) is 4.79 Å². The predicted molar refractivity (Wildman–Crippen MR) is 148 cm³/mol. The number of benzene rings is 2. The van der Waals surface area contributed by atoms with E-state index < -0.39 is 6.29 Å². The third kappa shape index (κ3) is 5.95. The van der Waals surface area contributed by atoms with Crippen LogP contribution >= 0.6 is 0 Å². The van der Waals surface area contributed by atoms with E-state index in [0.29, 0.717) is 24.8 Å². The molecule has 0 atom stereocenters. The number of hydrogen-bond donors (Lipinski definition) is 1. The first-order valence-corrected chi connectivity index (χ1v) is 13.3. The summed E-state index contributed by atoms with van der Waals surface area (Å²) in [5.74, 6) is 1.10. The Morgan fingerprint density at radius 2 is 1.68 bits per heavy atom. The van der Waals surface area contributed by atoms with E-state index in [0.717, 1.165) is 59.3 Å². The van der Waals surface area contributed by atoms with E-state index in [1.807, 2.05) is 27.3 Å². The van der Waals surface area contributed by atoms with Gasteiger partial charge in [-0.15, -0.1) is 5.10 Å². The largest absolute Gasteiger partial charge is 0.350 e. The Labute approximate surface area is 223 Å². The number of imidazole rings is 1. The number of aromatic nitrogens is 6. The zero-order valence-corrected chi connectivity index (χ0v) is 23.0. The van der Waals surface area contributed by atoms with E-state index in [4.69, 9.17) is 9.47 Å². The molecule has 38 heavy (non-hydrogen) atoms. The molecular formula is C29H38N6O3. The minimum Gasteiger partial charge on any atom is -0.350 e. The second-order valence-corrected chi connectivity index (χ2v) is 9.93. The highest BCUT2D eigenvalue weighted by molar-refractivity contribution is 5.80. The SMILES string of the molecule is CCCCc1c(C(OC)OC)n(CCC(C)C)c(=O)n1Cc1ccc(-c2ccccc2-c2nnn[nH]2)cc1. The van der Waals surface area contributed by atoms with Crippen molar-refractivity contribution in [3.8, 4) is 22.5 Å². The number of H-pyrrole nitrogens is 1. The zero-order chi connectivity index (χ0) is 27.1. The number of unbranched alkanes of at least 4 members (excludes halogenated alkanes) is 1. The molecule has 0 unspecified atom stereocenters. The summed E-state index contributed by atoms with van der Waals surface area (Å²) in [5, 5.41) is 14.4. The van der Waals surface area contributed by atoms with Crippen LogP contribution in [0.4, 0.5) is 0 Å². The summed E-state index contributed by atoms with van der Waals surface area (Å²) >= 11 is 0. The maximum atomic E-state index is 13.8. The van der Waals surface area contributed by atoms with Crippen molar-refractivity contribution in [2.75, 3.05) is 14.2 Å². The summed E-state index contributed by atoms with van der Waals surface area (Å²) in [4.78, 5) is 13.8. The number of nitrogens with zero attached hydrogens (tertiary/aromatic N) is 5. The highest BCUT2D eigenvalue weighted by Gasteiger charge is 2.26. The van der Waals surface area contributed by atoms with Gasteiger partial charge in [-0.2, -0.15) is 0 Å². The van der Waals surface area contributed by atoms with Gasteiger partial charge in [0.05, 0.1) is 12.2 Å². The lowest BCUT2D eigenvalue weighted by Crippen LogP contribution is -2.27. The summed E-state index contributed by atoms with van der Waals surface area (Å²) in [6, 6.07) is 16.3. The molecule has 0 bridgehead atoms. The van der Waals surface area contributed by atoms with E-state index in [2.05, 4.69) is 71.7 Å². The summed E-state index contributed by atoms with van der Waals surface area (Å²) in [6.45, 7) is 7.61. The maximum absolute atomic E-state index is 13.8. The summed E-state index contributed by atoms with van der Waals surface area (Å²) in [5.41, 5.74) is 5.86. The van der Waals surface area contributed by atoms with Crippen LogP contribution in [0.2, 0.25) is 0 Å². The van der Waals surface area contributed by atoms with Gasteiger partial charge in [-0.1, -0.05) is 75.7 Å². The summed E-state index contributed by atoms with van der Waals surface area (Å²) < 4.78 is 15.1. The molecular weight excluding hydrogens is 480 g/mol. The van der Waals surface area contributed by atoms with Crippen LogP contribution in [0, 0.1) is 5.92 Å². The third-order valence-electron chi connectivity index (χ3n) is 6.86. The van der Waals surface area contributed by atoms with Crippen LogP contribution < -0.4 is 5.69 Å². The third-order valence-corrected chi connectivity index (χ3v) is 6.86. The van der Waals surface area contributed by atoms with Crippen LogP contribution in [0.5, 0.6) is 0 Å². The van der Waals surface area contributed by atoms with Gasteiger partial charge in [0.15, 0.2) is 12.1 Å². The molecule has 0 amide bonds. The first kappa shape index (κ1) is 27.5. The second-order valence-electron chi connectivity index (χ2n) is 9.93. The molecule has 0 aliphatic rings. The van der Waals surface area contributed by atoms with Crippen LogP contribution in [0.1, 0.15) is 63.3 Å². The smallest absolute Gasteiger partial charge is 0.329 e. The van der Waals surface area contributed by atoms with Crippen molar-refractivity contribution in [2.45, 2.75) is 65.8 Å². The van der Waals surface area contributed by atoms with Gasteiger partial charge in [-0.25, -0.2) is 9.89 Å². The Morgan fingerprint density at radius 3 is 2.29 bits per heavy atom. The number of methoxy groups -OCH3 is 2. The zero-order valence-electron chi connectivity index (χ0n) is 23.0. The first-order chi connectivity index (χ1) is 18.5. The van der Waals surface area contributed by atoms with Crippen molar-refractivity contribution in [2.24, 2.45) is 5.92 Å². The first-order valence-electron chi connectivity index (χ1n) is 13.3. The monoisotopic (exact) mass is 518 g/mol. The molecule has 0 spiro atoms. The molecule has 0 radical (unpaired) electrons. The molecule has 0 aliphatic carbocycles. The lowest BCUT2D eigenvalue weighted by Gasteiger charge is -2.18. The Balaban J connectivity index is 1.71. The Kier molecular flexibility index (Phi) is 9.25. The molecule has 2 aromatic carbocycles. The normalized spacial score (nSPS) is 11.7. The molecule has 9 nitrogen and oxygen atoms in total. The molecule has 1 N–H and O–H groups in total. The molecule has 4 aromatic rings. The average molecular weight is 519 g/mol. The number of nitrogens with one attached hydrogen (secondary N) is 1. The molecule has 0 fully saturated rings. The van der Waals surface area contributed by atoms with Gasteiger partial charge in [-0.05, 0) is 52.3 Å². The number of tetrazole rings is 1. The average Bonchev–Trinajstić information content (AvgIpc) is 3.55. The fraction of sp³-hybridized carbons (Fsp3) is 0.448. The highest BCUT2D eigenvalue weighted by Crippen LogP contribution is 2.30. The van der Waals surface area contributed by atoms with E-state index in [1.54, 1.807) is 14.2 Å². The van der Waals surface area contributed by atoms with Crippen LogP contribution in [-0.2, 0) is 29.0 Å². The van der Waals surface area contributed by atoms with Gasteiger partial charge in [0, 0.05) is 32.0 Å². The molecule has 0 aliphatic heterocycles. The number of ether oxygens (including phenoxy) is 2. The van der Waals surface area contributed by atoms with Gasteiger partial charge in [0.1, 0.15) is 0 Å². The second kappa shape index (κ2) is 12.8. The minimum absolute atomic E-state index is 0.0157. The van der Waals surface area contributed by atoms with E-state index in [-0.39, 0.29) is 5.69 Å². The quantitative estimate of drug-likeness (QED) is 0.244. The molecule has 4 rings (SSSR count). The Hall–Kier alpha value is -3.56. The van der Waals surface area contributed by atoms with Gasteiger partial charge in [0.25, 0.3) is 0 Å². The molecule has 0 saturated heterocycles. The fourth-order valence-electron chi connectivity index (χ4n) is 4.80. The van der Waals surface area contributed by atoms with Gasteiger partial charge in [0.2, 0.25) is 0 Å². The van der Waals surface area contributed by atoms with Crippen molar-refractivity contribution in [3.63, 3.8) is 0 Å². The van der Waals surface area contributed by atoms with Crippen LogP contribution in [0.3, 0.4) is 0 Å². The minimum atomic E-state index is -0.590. The molecule has 0 saturated carbocycles. The molecule has 2 heterocycles. The number of aromatic amines is 1. The fourth-order valence-corrected chi connectivity index (χ4v) is 4.80. The van der Waals surface area contributed by atoms with Gasteiger partial charge in [-0.3, -0.25) is 9.13 Å². The topological polar surface area (TPSA) is 99.8 Å². The number of hydrogen-bond acceptors (Lipinski definition) is 6. The number of rotatable bonds is 13. The predicted octanol–water partition coefficient (Wildman–Crippen LogP) is 5.23. The Bertz CT molecular complexity index is 1350. The van der Waals surface area contributed by atoms with Crippen LogP contribution in [-0.4, -0.2) is 44.0 Å². The van der Waals surface area contributed by atoms with Crippen LogP contribution in [0.25, 0.3) is 22.5 Å². The highest BCUT2D eigenvalue weighted by atomic mass is 16.7. The van der Waals surface area contributed by atoms with E-state index >= 15 is 0 Å². The molecule has 9 heteroatoms. The Morgan fingerprint density at radius 1 is 0.974 bits per heavy atom. The summed E-state index contributed by atoms with van der Waals surface area (Å²) in [6.07, 6.45) is 3.11. The molecule has 2 aromatic heterocycles. The van der Waals surface area contributed by atoms with Crippen molar-refractivity contribution in [1.29, 1.82) is 0 Å². The molecule has 202 valence electrons. The van der Waals surface area contributed by atoms with Crippen molar-refractivity contribution in [3.05, 3.63) is 76.0 Å². The van der Waals surface area contributed by atoms with Crippen molar-refractivity contribution in [1.82, 2.24) is 29.8 Å². The standard InChI is InChI=1S/C29H38N6O3/c1-6-7-12-25-26(28(37-4)38-5)34(18-17-20(2)3)29(36)35(25)19-21-13-15-22(16-14-21)23-10-8-9-11-24(23)27-30-32-33-31-27/h8-11,13-16,20,28H,6-7,12,17-19H2,1-5H3,(H,30,31,32,33).